The normalized spacial score (nSPS) is 19.2. The van der Waals surface area contributed by atoms with E-state index in [0.717, 1.165) is 57.6 Å². The van der Waals surface area contributed by atoms with Crippen molar-refractivity contribution in [2.24, 2.45) is 5.92 Å². The molecule has 2 N–H and O–H groups in total. The molecular formula is C30H28I2O4. The van der Waals surface area contributed by atoms with Gasteiger partial charge in [-0.2, -0.15) is 0 Å². The molecule has 3 aromatic carbocycles. The second-order valence-corrected chi connectivity index (χ2v) is 11.9. The maximum absolute atomic E-state index is 11.4. The summed E-state index contributed by atoms with van der Waals surface area (Å²) in [5, 5.41) is 22.8. The largest absolute Gasteiger partial charge is 0.507 e. The highest BCUT2D eigenvalue weighted by Gasteiger charge is 2.28. The number of methoxy groups -OCH3 is 2. The lowest BCUT2D eigenvalue weighted by Gasteiger charge is -2.28. The van der Waals surface area contributed by atoms with E-state index in [0.29, 0.717) is 31.4 Å². The van der Waals surface area contributed by atoms with Gasteiger partial charge in [0.25, 0.3) is 0 Å². The van der Waals surface area contributed by atoms with Crippen LogP contribution in [0.5, 0.6) is 17.2 Å². The summed E-state index contributed by atoms with van der Waals surface area (Å²) in [6.45, 7) is 0. The number of hydrogen-bond donors (Lipinski definition) is 2. The molecule has 36 heavy (non-hydrogen) atoms. The predicted octanol–water partition coefficient (Wildman–Crippen LogP) is 6.53. The average Bonchev–Trinajstić information content (AvgIpc) is 2.84. The first-order chi connectivity index (χ1) is 17.4. The molecule has 8 bridgehead atoms. The van der Waals surface area contributed by atoms with E-state index in [-0.39, 0.29) is 5.92 Å². The van der Waals surface area contributed by atoms with Gasteiger partial charge in [0.1, 0.15) is 17.2 Å². The first-order valence-electron chi connectivity index (χ1n) is 11.9. The monoisotopic (exact) mass is 706 g/mol. The molecule has 0 spiro atoms. The van der Waals surface area contributed by atoms with Crippen molar-refractivity contribution in [3.8, 4) is 17.2 Å². The van der Waals surface area contributed by atoms with E-state index < -0.39 is 6.10 Å². The molecule has 0 aromatic heterocycles. The fourth-order valence-corrected chi connectivity index (χ4v) is 7.07. The third-order valence-corrected chi connectivity index (χ3v) is 8.38. The number of phenolic OH excluding ortho intramolecular Hbond substituents is 1. The summed E-state index contributed by atoms with van der Waals surface area (Å²) in [5.74, 6) is 1.88. The van der Waals surface area contributed by atoms with Crippen molar-refractivity contribution in [3.63, 3.8) is 0 Å². The van der Waals surface area contributed by atoms with E-state index >= 15 is 0 Å². The number of hydrogen-bond acceptors (Lipinski definition) is 4. The molecule has 0 fully saturated rings. The number of aromatic hydroxyl groups is 1. The Hall–Kier alpha value is -2.04. The van der Waals surface area contributed by atoms with Crippen molar-refractivity contribution in [2.45, 2.75) is 31.8 Å². The van der Waals surface area contributed by atoms with Gasteiger partial charge < -0.3 is 19.7 Å². The van der Waals surface area contributed by atoms with Crippen LogP contribution in [0.4, 0.5) is 0 Å². The molecule has 3 aromatic rings. The number of aliphatic hydroxyl groups excluding tert-OH is 1. The summed E-state index contributed by atoms with van der Waals surface area (Å²) in [4.78, 5) is 0. The summed E-state index contributed by atoms with van der Waals surface area (Å²) in [7, 11) is 3.39. The second kappa shape index (κ2) is 10.8. The van der Waals surface area contributed by atoms with Crippen LogP contribution >= 0.6 is 45.2 Å². The van der Waals surface area contributed by atoms with Crippen LogP contribution in [0.2, 0.25) is 0 Å². The Labute approximate surface area is 239 Å². The molecule has 186 valence electrons. The standard InChI is InChI=1S/C30H28I2O4/c1-35-29-17-5-3-6-18(29)10-22-14-26(32)16-24(28(22)34)12-20-8-4-7-19(30(20)36-2)11-23-15-25(31)13-21(9-17)27(23)33/h3-8,13-16,21,27,33-34H,9-12H2,1-2H3/t21-,27-/m1/s1. The number of ether oxygens (including phenoxy) is 2. The first-order valence-corrected chi connectivity index (χ1v) is 14.1. The molecule has 0 aliphatic heterocycles. The Bertz CT molecular complexity index is 1380. The zero-order valence-corrected chi connectivity index (χ0v) is 24.5. The van der Waals surface area contributed by atoms with E-state index in [1.807, 2.05) is 24.3 Å². The third-order valence-electron chi connectivity index (χ3n) is 7.09. The van der Waals surface area contributed by atoms with Crippen molar-refractivity contribution in [1.82, 2.24) is 0 Å². The molecule has 0 unspecified atom stereocenters. The summed E-state index contributed by atoms with van der Waals surface area (Å²) >= 11 is 4.66. The van der Waals surface area contributed by atoms with Gasteiger partial charge in [0.15, 0.2) is 0 Å². The molecule has 0 amide bonds. The van der Waals surface area contributed by atoms with Gasteiger partial charge in [-0.15, -0.1) is 0 Å². The van der Waals surface area contributed by atoms with Crippen molar-refractivity contribution in [3.05, 3.63) is 107 Å². The maximum atomic E-state index is 11.4. The summed E-state index contributed by atoms with van der Waals surface area (Å²) in [6, 6.07) is 16.4. The quantitative estimate of drug-likeness (QED) is 0.298. The number of rotatable bonds is 2. The molecule has 5 rings (SSSR count). The first kappa shape index (κ1) is 25.6. The van der Waals surface area contributed by atoms with Crippen molar-refractivity contribution in [2.75, 3.05) is 14.2 Å². The zero-order chi connectivity index (χ0) is 25.4. The maximum Gasteiger partial charge on any atom is 0.125 e. The Kier molecular flexibility index (Phi) is 7.65. The third kappa shape index (κ3) is 5.04. The number of fused-ring (bicyclic) bond motifs is 8. The summed E-state index contributed by atoms with van der Waals surface area (Å²) in [6.07, 6.45) is 5.98. The fraction of sp³-hybridized carbons (Fsp3) is 0.267. The molecule has 6 heteroatoms. The smallest absolute Gasteiger partial charge is 0.125 e. The number of aliphatic hydroxyl groups is 1. The average molecular weight is 706 g/mol. The summed E-state index contributed by atoms with van der Waals surface area (Å²) < 4.78 is 14.0. The molecule has 2 atom stereocenters. The predicted molar refractivity (Wildman–Crippen MR) is 160 cm³/mol. The minimum atomic E-state index is -0.600. The van der Waals surface area contributed by atoms with Crippen LogP contribution in [0.1, 0.15) is 33.4 Å². The molecule has 0 saturated carbocycles. The number of halogens is 2. The number of phenols is 1. The Morgan fingerprint density at radius 2 is 1.31 bits per heavy atom. The Balaban J connectivity index is 1.72. The van der Waals surface area contributed by atoms with Gasteiger partial charge in [-0.25, -0.2) is 0 Å². The Morgan fingerprint density at radius 1 is 0.778 bits per heavy atom. The highest BCUT2D eigenvalue weighted by atomic mass is 127. The van der Waals surface area contributed by atoms with Gasteiger partial charge in [-0.1, -0.05) is 42.5 Å². The fourth-order valence-electron chi connectivity index (χ4n) is 5.46. The van der Waals surface area contributed by atoms with Crippen molar-refractivity contribution < 1.29 is 19.7 Å². The molecule has 2 aliphatic carbocycles. The van der Waals surface area contributed by atoms with Crippen LogP contribution in [-0.2, 0) is 25.7 Å². The van der Waals surface area contributed by atoms with Gasteiger partial charge in [-0.05, 0) is 115 Å². The van der Waals surface area contributed by atoms with E-state index in [1.165, 1.54) is 0 Å². The van der Waals surface area contributed by atoms with Gasteiger partial charge in [-0.3, -0.25) is 0 Å². The van der Waals surface area contributed by atoms with Crippen molar-refractivity contribution >= 4 is 45.2 Å². The van der Waals surface area contributed by atoms with E-state index in [2.05, 4.69) is 81.6 Å². The van der Waals surface area contributed by atoms with Crippen LogP contribution in [0, 0.1) is 9.49 Å². The van der Waals surface area contributed by atoms with E-state index in [4.69, 9.17) is 9.47 Å². The summed E-state index contributed by atoms with van der Waals surface area (Å²) in [5.41, 5.74) is 6.82. The van der Waals surface area contributed by atoms with Gasteiger partial charge in [0.2, 0.25) is 0 Å². The van der Waals surface area contributed by atoms with E-state index in [9.17, 15) is 10.2 Å². The van der Waals surface area contributed by atoms with Crippen molar-refractivity contribution in [1.29, 1.82) is 0 Å². The molecular weight excluding hydrogens is 678 g/mol. The topological polar surface area (TPSA) is 58.9 Å². The minimum absolute atomic E-state index is 0.0687. The van der Waals surface area contributed by atoms with Crippen LogP contribution in [0.3, 0.4) is 0 Å². The lowest BCUT2D eigenvalue weighted by Crippen LogP contribution is -2.27. The lowest BCUT2D eigenvalue weighted by molar-refractivity contribution is 0.159. The second-order valence-electron chi connectivity index (χ2n) is 9.41. The molecule has 2 aliphatic rings. The molecule has 0 saturated heterocycles. The highest BCUT2D eigenvalue weighted by molar-refractivity contribution is 14.1. The number of para-hydroxylation sites is 2. The van der Waals surface area contributed by atoms with Gasteiger partial charge >= 0.3 is 0 Å². The Morgan fingerprint density at radius 3 is 1.89 bits per heavy atom. The molecule has 4 nitrogen and oxygen atoms in total. The van der Waals surface area contributed by atoms with Gasteiger partial charge in [0, 0.05) is 25.9 Å². The molecule has 0 heterocycles. The zero-order valence-electron chi connectivity index (χ0n) is 20.2. The van der Waals surface area contributed by atoms with E-state index in [1.54, 1.807) is 14.2 Å². The number of benzene rings is 3. The minimum Gasteiger partial charge on any atom is -0.507 e. The van der Waals surface area contributed by atoms with Crippen LogP contribution in [0.25, 0.3) is 0 Å². The lowest BCUT2D eigenvalue weighted by atomic mass is 9.82. The highest BCUT2D eigenvalue weighted by Crippen LogP contribution is 2.39. The SMILES string of the molecule is COc1c2cccc1Cc1cc(I)cc(c1O)Cc1cccc(c1OC)C[C@@H]1C=C(I)C=C(C2)[C@@H]1O. The van der Waals surface area contributed by atoms with Gasteiger partial charge in [0.05, 0.1) is 20.3 Å². The molecule has 0 radical (unpaired) electrons. The number of allylic oxidation sites excluding steroid dienone is 2. The van der Waals surface area contributed by atoms with Crippen LogP contribution < -0.4 is 9.47 Å². The van der Waals surface area contributed by atoms with Crippen LogP contribution in [0.15, 0.2) is 69.8 Å². The van der Waals surface area contributed by atoms with Crippen LogP contribution in [-0.4, -0.2) is 30.5 Å².